The fraction of sp³-hybridized carbons (Fsp3) is 0.444. The van der Waals surface area contributed by atoms with Crippen LogP contribution >= 0.6 is 0 Å². The summed E-state index contributed by atoms with van der Waals surface area (Å²) in [6.45, 7) is 1.84. The first-order valence-electron chi connectivity index (χ1n) is 4.32. The number of nitrogens with zero attached hydrogens (tertiary/aromatic N) is 3. The number of carboxylic acid groups (broad SMARTS) is 1. The van der Waals surface area contributed by atoms with Gasteiger partial charge in [0, 0.05) is 19.3 Å². The average Bonchev–Trinajstić information content (AvgIpc) is 2.17. The third-order valence-corrected chi connectivity index (χ3v) is 2.06. The number of aromatic nitrogens is 2. The summed E-state index contributed by atoms with van der Waals surface area (Å²) in [5.41, 5.74) is 0. The van der Waals surface area contributed by atoms with E-state index in [-0.39, 0.29) is 12.5 Å². The number of anilines is 1. The van der Waals surface area contributed by atoms with Gasteiger partial charge in [-0.05, 0) is 13.0 Å². The first kappa shape index (κ1) is 10.4. The Hall–Kier alpha value is -1.65. The van der Waals surface area contributed by atoms with E-state index in [2.05, 4.69) is 9.97 Å². The van der Waals surface area contributed by atoms with Crippen LogP contribution in [0.5, 0.6) is 0 Å². The third kappa shape index (κ3) is 2.69. The largest absolute Gasteiger partial charge is 0.481 e. The van der Waals surface area contributed by atoms with Gasteiger partial charge in [0.2, 0.25) is 0 Å². The highest BCUT2D eigenvalue weighted by Gasteiger charge is 2.13. The number of carbonyl (C=O) groups is 1. The summed E-state index contributed by atoms with van der Waals surface area (Å²) in [5, 5.41) is 8.62. The Morgan fingerprint density at radius 1 is 1.71 bits per heavy atom. The quantitative estimate of drug-likeness (QED) is 0.768. The van der Waals surface area contributed by atoms with Crippen LogP contribution in [0.3, 0.4) is 0 Å². The maximum absolute atomic E-state index is 10.5. The van der Waals surface area contributed by atoms with Crippen molar-refractivity contribution in [3.8, 4) is 0 Å². The highest BCUT2D eigenvalue weighted by atomic mass is 16.4. The van der Waals surface area contributed by atoms with Gasteiger partial charge in [-0.15, -0.1) is 0 Å². The molecule has 0 aliphatic carbocycles. The molecule has 0 saturated carbocycles. The minimum Gasteiger partial charge on any atom is -0.481 e. The number of hydrogen-bond donors (Lipinski definition) is 1. The SMILES string of the molecule is CC(CC(=O)O)N(C)c1ccncn1. The predicted molar refractivity (Wildman–Crippen MR) is 52.1 cm³/mol. The van der Waals surface area contributed by atoms with Crippen molar-refractivity contribution in [2.45, 2.75) is 19.4 Å². The first-order valence-corrected chi connectivity index (χ1v) is 4.32. The summed E-state index contributed by atoms with van der Waals surface area (Å²) < 4.78 is 0. The second kappa shape index (κ2) is 4.55. The van der Waals surface area contributed by atoms with E-state index in [1.165, 1.54) is 6.33 Å². The van der Waals surface area contributed by atoms with Crippen LogP contribution in [-0.2, 0) is 4.79 Å². The normalized spacial score (nSPS) is 12.1. The molecule has 0 spiro atoms. The molecule has 1 aromatic heterocycles. The van der Waals surface area contributed by atoms with E-state index in [0.29, 0.717) is 0 Å². The summed E-state index contributed by atoms with van der Waals surface area (Å²) in [4.78, 5) is 20.1. The highest BCUT2D eigenvalue weighted by molar-refractivity contribution is 5.68. The Bertz CT molecular complexity index is 302. The van der Waals surface area contributed by atoms with Crippen molar-refractivity contribution in [1.29, 1.82) is 0 Å². The van der Waals surface area contributed by atoms with E-state index in [1.807, 2.05) is 18.9 Å². The van der Waals surface area contributed by atoms with Gasteiger partial charge in [0.25, 0.3) is 0 Å². The zero-order chi connectivity index (χ0) is 10.6. The van der Waals surface area contributed by atoms with Crippen LogP contribution in [0.25, 0.3) is 0 Å². The Labute approximate surface area is 82.4 Å². The van der Waals surface area contributed by atoms with E-state index >= 15 is 0 Å². The van der Waals surface area contributed by atoms with Gasteiger partial charge in [-0.2, -0.15) is 0 Å². The lowest BCUT2D eigenvalue weighted by atomic mass is 10.2. The van der Waals surface area contributed by atoms with Gasteiger partial charge in [-0.25, -0.2) is 9.97 Å². The predicted octanol–water partition coefficient (Wildman–Crippen LogP) is 0.776. The molecule has 0 aliphatic rings. The van der Waals surface area contributed by atoms with Crippen molar-refractivity contribution in [2.24, 2.45) is 0 Å². The van der Waals surface area contributed by atoms with Crippen LogP contribution in [0.2, 0.25) is 0 Å². The molecule has 1 aromatic rings. The van der Waals surface area contributed by atoms with Gasteiger partial charge in [0.05, 0.1) is 6.42 Å². The second-order valence-corrected chi connectivity index (χ2v) is 3.13. The molecule has 0 amide bonds. The maximum Gasteiger partial charge on any atom is 0.305 e. The maximum atomic E-state index is 10.5. The zero-order valence-electron chi connectivity index (χ0n) is 8.21. The van der Waals surface area contributed by atoms with Crippen LogP contribution in [0.1, 0.15) is 13.3 Å². The van der Waals surface area contributed by atoms with Crippen molar-refractivity contribution in [1.82, 2.24) is 9.97 Å². The summed E-state index contributed by atoms with van der Waals surface area (Å²) in [7, 11) is 1.82. The van der Waals surface area contributed by atoms with Crippen LogP contribution < -0.4 is 4.90 Å². The standard InChI is InChI=1S/C9H13N3O2/c1-7(5-9(13)14)12(2)8-3-4-10-6-11-8/h3-4,6-7H,5H2,1-2H3,(H,13,14). The van der Waals surface area contributed by atoms with E-state index < -0.39 is 5.97 Å². The lowest BCUT2D eigenvalue weighted by Gasteiger charge is -2.24. The lowest BCUT2D eigenvalue weighted by Crippen LogP contribution is -2.31. The number of hydrogen-bond acceptors (Lipinski definition) is 4. The Morgan fingerprint density at radius 2 is 2.43 bits per heavy atom. The fourth-order valence-corrected chi connectivity index (χ4v) is 1.11. The van der Waals surface area contributed by atoms with Gasteiger partial charge in [0.1, 0.15) is 12.1 Å². The molecule has 0 fully saturated rings. The molecule has 1 atom stereocenters. The van der Waals surface area contributed by atoms with Gasteiger partial charge >= 0.3 is 5.97 Å². The summed E-state index contributed by atoms with van der Waals surface area (Å²) in [6, 6.07) is 1.67. The van der Waals surface area contributed by atoms with Gasteiger partial charge in [0.15, 0.2) is 0 Å². The van der Waals surface area contributed by atoms with Crippen LogP contribution in [0.15, 0.2) is 18.6 Å². The Kier molecular flexibility index (Phi) is 3.39. The first-order chi connectivity index (χ1) is 6.61. The molecule has 1 unspecified atom stereocenters. The number of carboxylic acids is 1. The van der Waals surface area contributed by atoms with Crippen molar-refractivity contribution >= 4 is 11.8 Å². The topological polar surface area (TPSA) is 66.3 Å². The van der Waals surface area contributed by atoms with E-state index in [9.17, 15) is 4.79 Å². The van der Waals surface area contributed by atoms with Gasteiger partial charge in [-0.1, -0.05) is 0 Å². The molecule has 0 saturated heterocycles. The van der Waals surface area contributed by atoms with E-state index in [0.717, 1.165) is 5.82 Å². The summed E-state index contributed by atoms with van der Waals surface area (Å²) in [5.74, 6) is -0.0767. The van der Waals surface area contributed by atoms with Crippen molar-refractivity contribution < 1.29 is 9.90 Å². The average molecular weight is 195 g/mol. The molecule has 0 bridgehead atoms. The van der Waals surface area contributed by atoms with Gasteiger partial charge < -0.3 is 10.0 Å². The molecule has 0 aliphatic heterocycles. The van der Waals surface area contributed by atoms with Crippen molar-refractivity contribution in [3.05, 3.63) is 18.6 Å². The molecule has 0 radical (unpaired) electrons. The third-order valence-electron chi connectivity index (χ3n) is 2.06. The molecule has 1 N–H and O–H groups in total. The van der Waals surface area contributed by atoms with Crippen molar-refractivity contribution in [3.63, 3.8) is 0 Å². The number of rotatable bonds is 4. The molecule has 1 heterocycles. The van der Waals surface area contributed by atoms with Gasteiger partial charge in [-0.3, -0.25) is 4.79 Å². The zero-order valence-corrected chi connectivity index (χ0v) is 8.21. The highest BCUT2D eigenvalue weighted by Crippen LogP contribution is 2.11. The number of aliphatic carboxylic acids is 1. The summed E-state index contributed by atoms with van der Waals surface area (Å²) in [6.07, 6.45) is 3.17. The van der Waals surface area contributed by atoms with E-state index in [1.54, 1.807) is 12.3 Å². The molecule has 1 rings (SSSR count). The minimum atomic E-state index is -0.807. The minimum absolute atomic E-state index is 0.0811. The summed E-state index contributed by atoms with van der Waals surface area (Å²) >= 11 is 0. The smallest absolute Gasteiger partial charge is 0.305 e. The second-order valence-electron chi connectivity index (χ2n) is 3.13. The monoisotopic (exact) mass is 195 g/mol. The molecular formula is C9H13N3O2. The van der Waals surface area contributed by atoms with Crippen LogP contribution in [0.4, 0.5) is 5.82 Å². The molecule has 5 heteroatoms. The Balaban J connectivity index is 2.65. The van der Waals surface area contributed by atoms with Crippen LogP contribution in [0, 0.1) is 0 Å². The molecule has 14 heavy (non-hydrogen) atoms. The lowest BCUT2D eigenvalue weighted by molar-refractivity contribution is -0.137. The Morgan fingerprint density at radius 3 is 2.93 bits per heavy atom. The van der Waals surface area contributed by atoms with Crippen LogP contribution in [-0.4, -0.2) is 34.1 Å². The molecule has 5 nitrogen and oxygen atoms in total. The molecule has 0 aromatic carbocycles. The van der Waals surface area contributed by atoms with E-state index in [4.69, 9.17) is 5.11 Å². The molecule has 76 valence electrons. The molecular weight excluding hydrogens is 182 g/mol. The fourth-order valence-electron chi connectivity index (χ4n) is 1.11. The van der Waals surface area contributed by atoms with Crippen molar-refractivity contribution in [2.75, 3.05) is 11.9 Å².